The van der Waals surface area contributed by atoms with E-state index in [0.29, 0.717) is 6.10 Å². The molecule has 0 aromatic rings. The van der Waals surface area contributed by atoms with Gasteiger partial charge < -0.3 is 19.8 Å². The lowest BCUT2D eigenvalue weighted by Gasteiger charge is -2.36. The van der Waals surface area contributed by atoms with Gasteiger partial charge >= 0.3 is 12.1 Å². The van der Waals surface area contributed by atoms with Crippen molar-refractivity contribution in [3.63, 3.8) is 0 Å². The van der Waals surface area contributed by atoms with Crippen molar-refractivity contribution in [3.05, 3.63) is 0 Å². The van der Waals surface area contributed by atoms with Crippen LogP contribution in [0, 0.1) is 5.92 Å². The summed E-state index contributed by atoms with van der Waals surface area (Å²) in [5.74, 6) is -1.95. The van der Waals surface area contributed by atoms with Crippen molar-refractivity contribution in [3.8, 4) is 0 Å². The molecule has 0 amide bonds. The number of hydrogen-bond donors (Lipinski definition) is 2. The van der Waals surface area contributed by atoms with Gasteiger partial charge in [0, 0.05) is 19.7 Å². The summed E-state index contributed by atoms with van der Waals surface area (Å²) < 4.78 is 37.6. The SMILES string of the molecule is CCCOC1CCCN(CC2CCC(O)CC2)C1.O=C(O)C(F)(F)F. The molecule has 2 N–H and O–H groups in total. The quantitative estimate of drug-likeness (QED) is 0.779. The molecule has 1 unspecified atom stereocenters. The van der Waals surface area contributed by atoms with Crippen LogP contribution in [0.1, 0.15) is 51.9 Å². The van der Waals surface area contributed by atoms with Crippen LogP contribution in [-0.4, -0.2) is 65.7 Å². The smallest absolute Gasteiger partial charge is 0.475 e. The van der Waals surface area contributed by atoms with Crippen molar-refractivity contribution in [1.82, 2.24) is 4.90 Å². The number of likely N-dealkylation sites (tertiary alicyclic amines) is 1. The molecule has 1 saturated carbocycles. The van der Waals surface area contributed by atoms with Crippen LogP contribution in [-0.2, 0) is 9.53 Å². The lowest BCUT2D eigenvalue weighted by atomic mass is 9.87. The Morgan fingerprint density at radius 3 is 2.32 bits per heavy atom. The molecule has 2 fully saturated rings. The number of piperidine rings is 1. The summed E-state index contributed by atoms with van der Waals surface area (Å²) in [6.45, 7) is 6.67. The van der Waals surface area contributed by atoms with E-state index in [-0.39, 0.29) is 6.10 Å². The van der Waals surface area contributed by atoms with Crippen molar-refractivity contribution in [2.45, 2.75) is 70.3 Å². The Kier molecular flexibility index (Phi) is 9.74. The van der Waals surface area contributed by atoms with E-state index in [4.69, 9.17) is 14.6 Å². The molecule has 0 aromatic heterocycles. The lowest BCUT2D eigenvalue weighted by molar-refractivity contribution is -0.192. The first-order valence-electron chi connectivity index (χ1n) is 9.04. The van der Waals surface area contributed by atoms with Crippen LogP contribution in [0.25, 0.3) is 0 Å². The Balaban J connectivity index is 0.000000381. The van der Waals surface area contributed by atoms with Crippen LogP contribution in [0.3, 0.4) is 0 Å². The number of carboxylic acid groups (broad SMARTS) is 1. The minimum Gasteiger partial charge on any atom is -0.475 e. The zero-order valence-corrected chi connectivity index (χ0v) is 14.8. The Morgan fingerprint density at radius 2 is 1.80 bits per heavy atom. The van der Waals surface area contributed by atoms with E-state index < -0.39 is 12.1 Å². The Morgan fingerprint density at radius 1 is 1.20 bits per heavy atom. The molecule has 1 atom stereocenters. The van der Waals surface area contributed by atoms with Crippen molar-refractivity contribution in [1.29, 1.82) is 0 Å². The second kappa shape index (κ2) is 11.0. The number of rotatable bonds is 5. The molecule has 2 rings (SSSR count). The number of hydrogen-bond acceptors (Lipinski definition) is 4. The summed E-state index contributed by atoms with van der Waals surface area (Å²) in [5, 5.41) is 16.7. The standard InChI is InChI=1S/C15H29NO2.C2HF3O2/c1-2-10-18-15-4-3-9-16(12-15)11-13-5-7-14(17)8-6-13;3-2(4,5)1(6)7/h13-15,17H,2-12H2,1H3;(H,6,7). The topological polar surface area (TPSA) is 70.0 Å². The maximum Gasteiger partial charge on any atom is 0.490 e. The van der Waals surface area contributed by atoms with Gasteiger partial charge in [0.2, 0.25) is 0 Å². The Bertz CT molecular complexity index is 385. The van der Waals surface area contributed by atoms with Crippen LogP contribution >= 0.6 is 0 Å². The minimum atomic E-state index is -5.08. The first-order chi connectivity index (χ1) is 11.7. The van der Waals surface area contributed by atoms with Gasteiger partial charge in [-0.2, -0.15) is 13.2 Å². The van der Waals surface area contributed by atoms with Gasteiger partial charge in [-0.3, -0.25) is 0 Å². The fourth-order valence-corrected chi connectivity index (χ4v) is 3.29. The third kappa shape index (κ3) is 9.42. The summed E-state index contributed by atoms with van der Waals surface area (Å²) in [6, 6.07) is 0. The van der Waals surface area contributed by atoms with Crippen molar-refractivity contribution >= 4 is 5.97 Å². The van der Waals surface area contributed by atoms with Crippen molar-refractivity contribution in [2.75, 3.05) is 26.2 Å². The first-order valence-corrected chi connectivity index (χ1v) is 9.04. The van der Waals surface area contributed by atoms with E-state index in [1.54, 1.807) is 0 Å². The van der Waals surface area contributed by atoms with Gasteiger partial charge in [-0.15, -0.1) is 0 Å². The van der Waals surface area contributed by atoms with Gasteiger partial charge in [0.05, 0.1) is 12.2 Å². The second-order valence-corrected chi connectivity index (χ2v) is 6.87. The van der Waals surface area contributed by atoms with Crippen LogP contribution in [0.15, 0.2) is 0 Å². The number of aliphatic carboxylic acids is 1. The van der Waals surface area contributed by atoms with E-state index in [2.05, 4.69) is 11.8 Å². The highest BCUT2D eigenvalue weighted by Gasteiger charge is 2.38. The largest absolute Gasteiger partial charge is 0.490 e. The van der Waals surface area contributed by atoms with Crippen LogP contribution in [0.5, 0.6) is 0 Å². The number of alkyl halides is 3. The lowest BCUT2D eigenvalue weighted by Crippen LogP contribution is -2.42. The highest BCUT2D eigenvalue weighted by molar-refractivity contribution is 5.73. The van der Waals surface area contributed by atoms with Crippen LogP contribution in [0.4, 0.5) is 13.2 Å². The number of carboxylic acids is 1. The van der Waals surface area contributed by atoms with Gasteiger partial charge in [-0.05, 0) is 57.4 Å². The molecule has 0 radical (unpaired) electrons. The van der Waals surface area contributed by atoms with E-state index in [9.17, 15) is 18.3 Å². The number of aliphatic hydroxyl groups excluding tert-OH is 1. The number of carbonyl (C=O) groups is 1. The Labute approximate surface area is 147 Å². The maximum atomic E-state index is 10.6. The molecule has 1 aliphatic heterocycles. The Hall–Kier alpha value is -0.860. The predicted molar refractivity (Wildman–Crippen MR) is 87.4 cm³/mol. The van der Waals surface area contributed by atoms with Crippen molar-refractivity contribution in [2.24, 2.45) is 5.92 Å². The molecular weight excluding hydrogens is 339 g/mol. The molecule has 1 heterocycles. The highest BCUT2D eigenvalue weighted by Crippen LogP contribution is 2.26. The van der Waals surface area contributed by atoms with Gasteiger partial charge in [0.25, 0.3) is 0 Å². The van der Waals surface area contributed by atoms with Gasteiger partial charge in [-0.25, -0.2) is 4.79 Å². The van der Waals surface area contributed by atoms with E-state index >= 15 is 0 Å². The summed E-state index contributed by atoms with van der Waals surface area (Å²) in [5.41, 5.74) is 0. The number of halogens is 3. The molecule has 1 saturated heterocycles. The fraction of sp³-hybridized carbons (Fsp3) is 0.941. The van der Waals surface area contributed by atoms with Crippen LogP contribution < -0.4 is 0 Å². The molecule has 0 bridgehead atoms. The summed E-state index contributed by atoms with van der Waals surface area (Å²) in [6.07, 6.45) is 3.43. The third-order valence-electron chi connectivity index (χ3n) is 4.60. The summed E-state index contributed by atoms with van der Waals surface area (Å²) in [7, 11) is 0. The van der Waals surface area contributed by atoms with Crippen LogP contribution in [0.2, 0.25) is 0 Å². The monoisotopic (exact) mass is 369 g/mol. The predicted octanol–water partition coefficient (Wildman–Crippen LogP) is 3.06. The van der Waals surface area contributed by atoms with Gasteiger partial charge in [0.15, 0.2) is 0 Å². The third-order valence-corrected chi connectivity index (χ3v) is 4.60. The second-order valence-electron chi connectivity index (χ2n) is 6.87. The number of aliphatic hydroxyl groups is 1. The van der Waals surface area contributed by atoms with E-state index in [1.165, 1.54) is 38.8 Å². The molecule has 0 aromatic carbocycles. The molecule has 1 aliphatic carbocycles. The maximum absolute atomic E-state index is 10.6. The van der Waals surface area contributed by atoms with Crippen molar-refractivity contribution < 1.29 is 32.9 Å². The molecule has 8 heteroatoms. The van der Waals surface area contributed by atoms with Gasteiger partial charge in [0.1, 0.15) is 0 Å². The number of ether oxygens (including phenoxy) is 1. The summed E-state index contributed by atoms with van der Waals surface area (Å²) >= 11 is 0. The fourth-order valence-electron chi connectivity index (χ4n) is 3.29. The molecule has 25 heavy (non-hydrogen) atoms. The molecule has 2 aliphatic rings. The zero-order chi connectivity index (χ0) is 18.9. The zero-order valence-electron chi connectivity index (χ0n) is 14.8. The average molecular weight is 369 g/mol. The molecular formula is C17H30F3NO4. The normalized spacial score (nSPS) is 28.1. The van der Waals surface area contributed by atoms with E-state index in [1.807, 2.05) is 0 Å². The van der Waals surface area contributed by atoms with E-state index in [0.717, 1.165) is 38.3 Å². The molecule has 148 valence electrons. The summed E-state index contributed by atoms with van der Waals surface area (Å²) in [4.78, 5) is 11.5. The molecule has 0 spiro atoms. The minimum absolute atomic E-state index is 0.0248. The molecule has 5 nitrogen and oxygen atoms in total. The first kappa shape index (κ1) is 22.2. The van der Waals surface area contributed by atoms with Gasteiger partial charge in [-0.1, -0.05) is 6.92 Å². The average Bonchev–Trinajstić information content (AvgIpc) is 2.55. The number of nitrogens with zero attached hydrogens (tertiary/aromatic N) is 1. The highest BCUT2D eigenvalue weighted by atomic mass is 19.4.